The standard InChI is InChI=1S/C23H23FN6O2S2/c1-2-28-9-11-29(12-10-28)22(31)18-14-33-20(25-18)15-34-23-27-26-21(19-4-3-13-32-19)30(23)17-7-5-16(24)6-8-17/h3-8,13-14H,2,9-12,15H2,1H3. The number of hydrogen-bond donors (Lipinski definition) is 0. The van der Waals surface area contributed by atoms with Crippen LogP contribution in [-0.2, 0) is 5.75 Å². The third kappa shape index (κ3) is 4.77. The van der Waals surface area contributed by atoms with Crippen LogP contribution >= 0.6 is 23.1 Å². The van der Waals surface area contributed by atoms with Crippen molar-refractivity contribution in [2.75, 3.05) is 32.7 Å². The van der Waals surface area contributed by atoms with Gasteiger partial charge in [0.25, 0.3) is 5.91 Å². The summed E-state index contributed by atoms with van der Waals surface area (Å²) < 4.78 is 20.9. The number of furan rings is 1. The van der Waals surface area contributed by atoms with E-state index in [1.54, 1.807) is 30.5 Å². The van der Waals surface area contributed by atoms with Crippen LogP contribution in [0.25, 0.3) is 17.3 Å². The van der Waals surface area contributed by atoms with E-state index in [1.807, 2.05) is 14.8 Å². The highest BCUT2D eigenvalue weighted by molar-refractivity contribution is 7.98. The molecular weight excluding hydrogens is 475 g/mol. The molecule has 0 spiro atoms. The molecule has 11 heteroatoms. The normalized spacial score (nSPS) is 14.6. The molecule has 0 N–H and O–H groups in total. The van der Waals surface area contributed by atoms with Crippen LogP contribution in [0, 0.1) is 5.82 Å². The van der Waals surface area contributed by atoms with Crippen LogP contribution in [0.4, 0.5) is 4.39 Å². The highest BCUT2D eigenvalue weighted by Gasteiger charge is 2.24. The number of rotatable bonds is 7. The third-order valence-electron chi connectivity index (χ3n) is 5.66. The van der Waals surface area contributed by atoms with Crippen molar-refractivity contribution in [1.82, 2.24) is 29.5 Å². The zero-order chi connectivity index (χ0) is 23.5. The molecule has 8 nitrogen and oxygen atoms in total. The van der Waals surface area contributed by atoms with E-state index in [1.165, 1.54) is 35.2 Å². The Kier molecular flexibility index (Phi) is 6.75. The molecule has 0 atom stereocenters. The Labute approximate surface area is 204 Å². The highest BCUT2D eigenvalue weighted by Crippen LogP contribution is 2.30. The van der Waals surface area contributed by atoms with Crippen molar-refractivity contribution in [3.8, 4) is 17.3 Å². The Morgan fingerprint density at radius 1 is 1.15 bits per heavy atom. The smallest absolute Gasteiger partial charge is 0.273 e. The zero-order valence-corrected chi connectivity index (χ0v) is 20.2. The summed E-state index contributed by atoms with van der Waals surface area (Å²) in [6, 6.07) is 9.73. The Bertz CT molecular complexity index is 1250. The van der Waals surface area contributed by atoms with Crippen molar-refractivity contribution in [3.05, 3.63) is 64.6 Å². The van der Waals surface area contributed by atoms with Crippen molar-refractivity contribution >= 4 is 29.0 Å². The number of nitrogens with zero attached hydrogens (tertiary/aromatic N) is 6. The number of carbonyl (C=O) groups is 1. The van der Waals surface area contributed by atoms with Crippen molar-refractivity contribution < 1.29 is 13.6 Å². The van der Waals surface area contributed by atoms with E-state index in [0.29, 0.717) is 28.2 Å². The van der Waals surface area contributed by atoms with Gasteiger partial charge in [0.05, 0.1) is 17.7 Å². The minimum atomic E-state index is -0.318. The Morgan fingerprint density at radius 3 is 2.65 bits per heavy atom. The fraction of sp³-hybridized carbons (Fsp3) is 0.304. The van der Waals surface area contributed by atoms with Gasteiger partial charge in [-0.3, -0.25) is 9.36 Å². The van der Waals surface area contributed by atoms with Gasteiger partial charge in [0.1, 0.15) is 16.5 Å². The minimum Gasteiger partial charge on any atom is -0.461 e. The lowest BCUT2D eigenvalue weighted by molar-refractivity contribution is 0.0638. The molecule has 5 rings (SSSR count). The van der Waals surface area contributed by atoms with E-state index >= 15 is 0 Å². The summed E-state index contributed by atoms with van der Waals surface area (Å²) in [5.41, 5.74) is 1.21. The average molecular weight is 499 g/mol. The molecule has 4 heterocycles. The summed E-state index contributed by atoms with van der Waals surface area (Å²) >= 11 is 2.91. The van der Waals surface area contributed by atoms with Crippen LogP contribution in [0.5, 0.6) is 0 Å². The van der Waals surface area contributed by atoms with Crippen LogP contribution in [0.3, 0.4) is 0 Å². The first-order chi connectivity index (χ1) is 16.6. The van der Waals surface area contributed by atoms with Crippen molar-refractivity contribution in [2.24, 2.45) is 0 Å². The SMILES string of the molecule is CCN1CCN(C(=O)c2csc(CSc3nnc(-c4ccco4)n3-c3ccc(F)cc3)n2)CC1. The topological polar surface area (TPSA) is 80.3 Å². The molecule has 1 aromatic carbocycles. The van der Waals surface area contributed by atoms with Gasteiger partial charge in [-0.2, -0.15) is 0 Å². The van der Waals surface area contributed by atoms with Gasteiger partial charge in [-0.15, -0.1) is 21.5 Å². The molecule has 1 aliphatic heterocycles. The predicted molar refractivity (Wildman–Crippen MR) is 129 cm³/mol. The van der Waals surface area contributed by atoms with Crippen LogP contribution in [-0.4, -0.2) is 68.2 Å². The first-order valence-electron chi connectivity index (χ1n) is 11.0. The second-order valence-corrected chi connectivity index (χ2v) is 9.62. The number of hydrogen-bond acceptors (Lipinski definition) is 8. The lowest BCUT2D eigenvalue weighted by atomic mass is 10.3. The Morgan fingerprint density at radius 2 is 1.94 bits per heavy atom. The van der Waals surface area contributed by atoms with Crippen molar-refractivity contribution in [3.63, 3.8) is 0 Å². The van der Waals surface area contributed by atoms with E-state index in [9.17, 15) is 9.18 Å². The molecule has 0 radical (unpaired) electrons. The molecule has 1 fully saturated rings. The molecule has 1 saturated heterocycles. The van der Waals surface area contributed by atoms with E-state index in [2.05, 4.69) is 27.0 Å². The molecule has 0 saturated carbocycles. The minimum absolute atomic E-state index is 0.0159. The van der Waals surface area contributed by atoms with Crippen molar-refractivity contribution in [1.29, 1.82) is 0 Å². The summed E-state index contributed by atoms with van der Waals surface area (Å²) in [6.45, 7) is 6.38. The number of halogens is 1. The lowest BCUT2D eigenvalue weighted by Gasteiger charge is -2.33. The third-order valence-corrected chi connectivity index (χ3v) is 7.63. The largest absolute Gasteiger partial charge is 0.461 e. The Balaban J connectivity index is 1.32. The number of thioether (sulfide) groups is 1. The predicted octanol–water partition coefficient (Wildman–Crippen LogP) is 4.19. The summed E-state index contributed by atoms with van der Waals surface area (Å²) in [6.07, 6.45) is 1.57. The van der Waals surface area contributed by atoms with Gasteiger partial charge in [0.15, 0.2) is 10.9 Å². The fourth-order valence-electron chi connectivity index (χ4n) is 3.78. The van der Waals surface area contributed by atoms with Crippen LogP contribution in [0.1, 0.15) is 22.4 Å². The molecule has 1 amide bonds. The molecule has 0 unspecified atom stereocenters. The summed E-state index contributed by atoms with van der Waals surface area (Å²) in [5.74, 6) is 1.28. The number of aromatic nitrogens is 4. The number of carbonyl (C=O) groups excluding carboxylic acids is 1. The second-order valence-electron chi connectivity index (χ2n) is 7.74. The average Bonchev–Trinajstić information content (AvgIpc) is 3.63. The molecule has 176 valence electrons. The summed E-state index contributed by atoms with van der Waals surface area (Å²) in [7, 11) is 0. The van der Waals surface area contributed by atoms with Gasteiger partial charge in [-0.05, 0) is 42.9 Å². The number of amides is 1. The lowest BCUT2D eigenvalue weighted by Crippen LogP contribution is -2.48. The van der Waals surface area contributed by atoms with Crippen LogP contribution in [0.15, 0.2) is 57.6 Å². The van der Waals surface area contributed by atoms with Gasteiger partial charge < -0.3 is 14.2 Å². The van der Waals surface area contributed by atoms with Crippen LogP contribution < -0.4 is 0 Å². The maximum Gasteiger partial charge on any atom is 0.273 e. The molecule has 0 bridgehead atoms. The highest BCUT2D eigenvalue weighted by atomic mass is 32.2. The summed E-state index contributed by atoms with van der Waals surface area (Å²) in [4.78, 5) is 21.6. The van der Waals surface area contributed by atoms with Crippen LogP contribution in [0.2, 0.25) is 0 Å². The quantitative estimate of drug-likeness (QED) is 0.354. The van der Waals surface area contributed by atoms with E-state index in [4.69, 9.17) is 4.42 Å². The molecule has 3 aromatic heterocycles. The van der Waals surface area contributed by atoms with E-state index in [-0.39, 0.29) is 11.7 Å². The second kappa shape index (κ2) is 10.1. The fourth-order valence-corrected chi connectivity index (χ4v) is 5.52. The van der Waals surface area contributed by atoms with Gasteiger partial charge >= 0.3 is 0 Å². The van der Waals surface area contributed by atoms with E-state index in [0.717, 1.165) is 43.4 Å². The molecular formula is C23H23FN6O2S2. The number of benzene rings is 1. The summed E-state index contributed by atoms with van der Waals surface area (Å²) in [5, 5.41) is 11.9. The maximum absolute atomic E-state index is 13.5. The molecule has 0 aliphatic carbocycles. The van der Waals surface area contributed by atoms with Gasteiger partial charge in [-0.25, -0.2) is 9.37 Å². The maximum atomic E-state index is 13.5. The first-order valence-corrected chi connectivity index (χ1v) is 12.8. The zero-order valence-electron chi connectivity index (χ0n) is 18.6. The van der Waals surface area contributed by atoms with Crippen molar-refractivity contribution in [2.45, 2.75) is 17.8 Å². The number of thiazole rings is 1. The first kappa shape index (κ1) is 22.8. The molecule has 4 aromatic rings. The molecule has 1 aliphatic rings. The monoisotopic (exact) mass is 498 g/mol. The number of piperazine rings is 1. The van der Waals surface area contributed by atoms with Gasteiger partial charge in [-0.1, -0.05) is 18.7 Å². The molecule has 34 heavy (non-hydrogen) atoms. The van der Waals surface area contributed by atoms with Gasteiger partial charge in [0.2, 0.25) is 5.82 Å². The number of likely N-dealkylation sites (N-methyl/N-ethyl adjacent to an activating group) is 1. The van der Waals surface area contributed by atoms with E-state index < -0.39 is 0 Å². The Hall–Kier alpha value is -3.02. The van der Waals surface area contributed by atoms with Gasteiger partial charge in [0, 0.05) is 31.6 Å².